The summed E-state index contributed by atoms with van der Waals surface area (Å²) in [4.78, 5) is 0. The monoisotopic (exact) mass is 275 g/mol. The molecule has 0 aliphatic rings. The molecule has 0 bridgehead atoms. The van der Waals surface area contributed by atoms with Gasteiger partial charge in [0.05, 0.1) is 24.2 Å². The highest BCUT2D eigenvalue weighted by molar-refractivity contribution is 5.27. The fraction of sp³-hybridized carbons (Fsp3) is 0.588. The summed E-state index contributed by atoms with van der Waals surface area (Å²) in [5.41, 5.74) is 0.881. The Kier molecular flexibility index (Phi) is 6.54. The van der Waals surface area contributed by atoms with E-state index in [-0.39, 0.29) is 11.5 Å². The van der Waals surface area contributed by atoms with E-state index >= 15 is 0 Å². The predicted octanol–water partition coefficient (Wildman–Crippen LogP) is 3.71. The summed E-state index contributed by atoms with van der Waals surface area (Å²) in [5, 5.41) is 18.2. The molecule has 0 amide bonds. The maximum absolute atomic E-state index is 9.31. The Morgan fingerprint density at radius 1 is 1.25 bits per heavy atom. The summed E-state index contributed by atoms with van der Waals surface area (Å²) in [7, 11) is 0. The highest BCUT2D eigenvalue weighted by Crippen LogP contribution is 2.21. The molecule has 1 N–H and O–H groups in total. The van der Waals surface area contributed by atoms with Crippen molar-refractivity contribution in [1.29, 1.82) is 5.26 Å². The maximum Gasteiger partial charge on any atom is 0.119 e. The molecule has 1 aromatic rings. The lowest BCUT2D eigenvalue weighted by atomic mass is 9.89. The molecule has 0 aromatic heterocycles. The van der Waals surface area contributed by atoms with E-state index in [4.69, 9.17) is 10.00 Å². The minimum absolute atomic E-state index is 0.233. The Morgan fingerprint density at radius 3 is 2.45 bits per heavy atom. The molecule has 3 nitrogen and oxygen atoms in total. The lowest BCUT2D eigenvalue weighted by Gasteiger charge is -2.14. The third-order valence-electron chi connectivity index (χ3n) is 3.22. The third-order valence-corrected chi connectivity index (χ3v) is 3.22. The Labute approximate surface area is 122 Å². The van der Waals surface area contributed by atoms with Gasteiger partial charge in [-0.1, -0.05) is 12.1 Å². The number of aliphatic hydroxyl groups excluding tert-OH is 1. The zero-order valence-electron chi connectivity index (χ0n) is 12.7. The summed E-state index contributed by atoms with van der Waals surface area (Å²) in [6.45, 7) is 6.40. The van der Waals surface area contributed by atoms with Crippen LogP contribution < -0.4 is 4.74 Å². The lowest BCUT2D eigenvalue weighted by molar-refractivity contribution is 0.195. The SMILES string of the molecule is CC(O)Cc1ccc(OCCCCC(C)(C)C#N)cc1. The van der Waals surface area contributed by atoms with Crippen molar-refractivity contribution in [2.24, 2.45) is 5.41 Å². The summed E-state index contributed by atoms with van der Waals surface area (Å²) in [6, 6.07) is 10.2. The van der Waals surface area contributed by atoms with Gasteiger partial charge in [0.1, 0.15) is 5.75 Å². The van der Waals surface area contributed by atoms with Crippen molar-refractivity contribution in [1.82, 2.24) is 0 Å². The molecule has 3 heteroatoms. The zero-order valence-corrected chi connectivity index (χ0v) is 12.7. The maximum atomic E-state index is 9.31. The number of hydrogen-bond donors (Lipinski definition) is 1. The number of aliphatic hydroxyl groups is 1. The topological polar surface area (TPSA) is 53.2 Å². The van der Waals surface area contributed by atoms with Crippen molar-refractivity contribution >= 4 is 0 Å². The fourth-order valence-electron chi connectivity index (χ4n) is 1.98. The molecule has 1 rings (SSSR count). The molecule has 0 heterocycles. The second-order valence-corrected chi connectivity index (χ2v) is 6.00. The average Bonchev–Trinajstić information content (AvgIpc) is 2.39. The van der Waals surface area contributed by atoms with Crippen molar-refractivity contribution in [3.8, 4) is 11.8 Å². The van der Waals surface area contributed by atoms with Crippen LogP contribution in [0.2, 0.25) is 0 Å². The molecule has 0 fully saturated rings. The Balaban J connectivity index is 2.24. The lowest BCUT2D eigenvalue weighted by Crippen LogP contribution is -2.08. The molecule has 110 valence electrons. The van der Waals surface area contributed by atoms with Crippen LogP contribution in [0.15, 0.2) is 24.3 Å². The van der Waals surface area contributed by atoms with E-state index < -0.39 is 0 Å². The Morgan fingerprint density at radius 2 is 1.90 bits per heavy atom. The van der Waals surface area contributed by atoms with Crippen LogP contribution in [0.4, 0.5) is 0 Å². The number of unbranched alkanes of at least 4 members (excludes halogenated alkanes) is 1. The normalized spacial score (nSPS) is 12.8. The highest BCUT2D eigenvalue weighted by Gasteiger charge is 2.15. The van der Waals surface area contributed by atoms with E-state index in [0.29, 0.717) is 13.0 Å². The number of nitriles is 1. The van der Waals surface area contributed by atoms with Gasteiger partial charge in [-0.15, -0.1) is 0 Å². The second-order valence-electron chi connectivity index (χ2n) is 6.00. The summed E-state index contributed by atoms with van der Waals surface area (Å²) < 4.78 is 5.67. The van der Waals surface area contributed by atoms with Crippen molar-refractivity contribution < 1.29 is 9.84 Å². The van der Waals surface area contributed by atoms with Crippen LogP contribution in [-0.2, 0) is 6.42 Å². The largest absolute Gasteiger partial charge is 0.494 e. The van der Waals surface area contributed by atoms with Crippen LogP contribution in [0.3, 0.4) is 0 Å². The van der Waals surface area contributed by atoms with Gasteiger partial charge in [-0.25, -0.2) is 0 Å². The number of nitrogens with zero attached hydrogens (tertiary/aromatic N) is 1. The second kappa shape index (κ2) is 7.91. The molecule has 0 aliphatic heterocycles. The van der Waals surface area contributed by atoms with Gasteiger partial charge >= 0.3 is 0 Å². The summed E-state index contributed by atoms with van der Waals surface area (Å²) in [6.07, 6.45) is 3.22. The fourth-order valence-corrected chi connectivity index (χ4v) is 1.98. The molecule has 0 aliphatic carbocycles. The Bertz CT molecular complexity index is 429. The molecule has 1 unspecified atom stereocenters. The van der Waals surface area contributed by atoms with Crippen LogP contribution in [0.5, 0.6) is 5.75 Å². The van der Waals surface area contributed by atoms with Gasteiger partial charge in [0, 0.05) is 0 Å². The molecule has 0 radical (unpaired) electrons. The molecular weight excluding hydrogens is 250 g/mol. The predicted molar refractivity (Wildman–Crippen MR) is 80.6 cm³/mol. The van der Waals surface area contributed by atoms with E-state index in [1.807, 2.05) is 38.1 Å². The molecule has 0 saturated carbocycles. The van der Waals surface area contributed by atoms with E-state index in [1.165, 1.54) is 0 Å². The van der Waals surface area contributed by atoms with E-state index in [1.54, 1.807) is 6.92 Å². The van der Waals surface area contributed by atoms with Crippen molar-refractivity contribution in [2.75, 3.05) is 6.61 Å². The van der Waals surface area contributed by atoms with Crippen LogP contribution in [-0.4, -0.2) is 17.8 Å². The minimum Gasteiger partial charge on any atom is -0.494 e. The van der Waals surface area contributed by atoms with Gasteiger partial charge in [-0.2, -0.15) is 5.26 Å². The quantitative estimate of drug-likeness (QED) is 0.736. The Hall–Kier alpha value is -1.53. The van der Waals surface area contributed by atoms with Crippen LogP contribution in [0, 0.1) is 16.7 Å². The van der Waals surface area contributed by atoms with Gasteiger partial charge in [0.25, 0.3) is 0 Å². The molecule has 20 heavy (non-hydrogen) atoms. The molecule has 0 saturated heterocycles. The first kappa shape index (κ1) is 16.5. The average molecular weight is 275 g/mol. The van der Waals surface area contributed by atoms with Gasteiger partial charge < -0.3 is 9.84 Å². The number of benzene rings is 1. The highest BCUT2D eigenvalue weighted by atomic mass is 16.5. The van der Waals surface area contributed by atoms with Gasteiger partial charge in [-0.3, -0.25) is 0 Å². The first-order chi connectivity index (χ1) is 9.43. The molecule has 1 atom stereocenters. The van der Waals surface area contributed by atoms with E-state index in [2.05, 4.69) is 6.07 Å². The van der Waals surface area contributed by atoms with E-state index in [0.717, 1.165) is 30.6 Å². The number of hydrogen-bond acceptors (Lipinski definition) is 3. The first-order valence-electron chi connectivity index (χ1n) is 7.24. The van der Waals surface area contributed by atoms with Gasteiger partial charge in [-0.05, 0) is 64.2 Å². The van der Waals surface area contributed by atoms with Crippen LogP contribution >= 0.6 is 0 Å². The molecular formula is C17H25NO2. The van der Waals surface area contributed by atoms with Crippen LogP contribution in [0.25, 0.3) is 0 Å². The standard InChI is InChI=1S/C17H25NO2/c1-14(19)12-15-6-8-16(9-7-15)20-11-5-4-10-17(2,3)13-18/h6-9,14,19H,4-5,10-12H2,1-3H3. The number of ether oxygens (including phenoxy) is 1. The third kappa shape index (κ3) is 6.58. The van der Waals surface area contributed by atoms with Gasteiger partial charge in [0.15, 0.2) is 0 Å². The molecule has 1 aromatic carbocycles. The number of rotatable bonds is 8. The van der Waals surface area contributed by atoms with E-state index in [9.17, 15) is 5.11 Å². The molecule has 0 spiro atoms. The van der Waals surface area contributed by atoms with Crippen LogP contribution in [0.1, 0.15) is 45.6 Å². The van der Waals surface area contributed by atoms with Crippen molar-refractivity contribution in [3.05, 3.63) is 29.8 Å². The smallest absolute Gasteiger partial charge is 0.119 e. The van der Waals surface area contributed by atoms with Crippen molar-refractivity contribution in [2.45, 2.75) is 52.6 Å². The minimum atomic E-state index is -0.315. The summed E-state index contributed by atoms with van der Waals surface area (Å²) in [5.74, 6) is 0.860. The first-order valence-corrected chi connectivity index (χ1v) is 7.24. The van der Waals surface area contributed by atoms with Crippen molar-refractivity contribution in [3.63, 3.8) is 0 Å². The zero-order chi connectivity index (χ0) is 15.0. The summed E-state index contributed by atoms with van der Waals surface area (Å²) >= 11 is 0. The van der Waals surface area contributed by atoms with Gasteiger partial charge in [0.2, 0.25) is 0 Å².